The fourth-order valence-electron chi connectivity index (χ4n) is 8.57. The van der Waals surface area contributed by atoms with Crippen LogP contribution in [0, 0.1) is 31.1 Å². The van der Waals surface area contributed by atoms with Crippen LogP contribution in [-0.2, 0) is 57.6 Å². The second-order valence-electron chi connectivity index (χ2n) is 19.2. The summed E-state index contributed by atoms with van der Waals surface area (Å²) in [7, 11) is 0. The second kappa shape index (κ2) is 24.8. The van der Waals surface area contributed by atoms with E-state index in [9.17, 15) is 28.8 Å². The van der Waals surface area contributed by atoms with Gasteiger partial charge in [-0.2, -0.15) is 0 Å². The van der Waals surface area contributed by atoms with Crippen LogP contribution in [0.25, 0.3) is 0 Å². The fraction of sp³-hybridized carbons (Fsp3) is 0.509. The highest BCUT2D eigenvalue weighted by Crippen LogP contribution is 2.35. The molecule has 3 aromatic carbocycles. The van der Waals surface area contributed by atoms with Gasteiger partial charge >= 0.3 is 5.97 Å². The van der Waals surface area contributed by atoms with E-state index in [1.807, 2.05) is 94.4 Å². The first kappa shape index (κ1) is 52.9. The van der Waals surface area contributed by atoms with Crippen molar-refractivity contribution in [3.05, 3.63) is 95.1 Å². The largest absolute Gasteiger partial charge is 0.477 e. The van der Waals surface area contributed by atoms with Gasteiger partial charge in [-0.15, -0.1) is 6.42 Å². The summed E-state index contributed by atoms with van der Waals surface area (Å²) in [6.45, 7) is 15.1. The van der Waals surface area contributed by atoms with E-state index < -0.39 is 53.5 Å². The lowest BCUT2D eigenvalue weighted by Crippen LogP contribution is -2.61. The zero-order valence-electron chi connectivity index (χ0n) is 40.7. The van der Waals surface area contributed by atoms with Crippen LogP contribution in [0.1, 0.15) is 83.1 Å². The zero-order chi connectivity index (χ0) is 49.4. The van der Waals surface area contributed by atoms with Crippen molar-refractivity contribution in [3.8, 4) is 23.8 Å². The molecule has 0 radical (unpaired) electrons. The Morgan fingerprint density at radius 1 is 0.765 bits per heavy atom. The first-order chi connectivity index (χ1) is 32.4. The summed E-state index contributed by atoms with van der Waals surface area (Å²) in [5.41, 5.74) is 2.28. The van der Waals surface area contributed by atoms with Crippen LogP contribution < -0.4 is 30.7 Å². The van der Waals surface area contributed by atoms with E-state index in [1.54, 1.807) is 19.9 Å². The highest BCUT2D eigenvalue weighted by atomic mass is 16.6. The molecule has 3 aromatic rings. The molecule has 2 aliphatic rings. The number of ether oxygens (including phenoxy) is 4. The molecule has 2 saturated heterocycles. The summed E-state index contributed by atoms with van der Waals surface area (Å²) in [5.74, 6) is 0.345. The van der Waals surface area contributed by atoms with E-state index in [0.29, 0.717) is 61.5 Å². The Labute approximate surface area is 401 Å². The Hall–Kier alpha value is -6.08. The van der Waals surface area contributed by atoms with Crippen molar-refractivity contribution in [3.63, 3.8) is 0 Å². The number of amides is 4. The molecule has 0 aliphatic carbocycles. The van der Waals surface area contributed by atoms with Crippen LogP contribution >= 0.6 is 0 Å². The summed E-state index contributed by atoms with van der Waals surface area (Å²) < 4.78 is 22.8. The van der Waals surface area contributed by atoms with E-state index in [0.717, 1.165) is 16.7 Å². The number of terminal acetylenes is 1. The van der Waals surface area contributed by atoms with Gasteiger partial charge in [0.15, 0.2) is 23.8 Å². The summed E-state index contributed by atoms with van der Waals surface area (Å²) in [5, 5.41) is 11.8. The number of nitrogens with one attached hydrogen (secondary N) is 4. The van der Waals surface area contributed by atoms with Crippen LogP contribution in [0.3, 0.4) is 0 Å². The van der Waals surface area contributed by atoms with Crippen molar-refractivity contribution < 1.29 is 52.2 Å². The number of morpholine rings is 1. The highest BCUT2D eigenvalue weighted by molar-refractivity contribution is 5.99. The zero-order valence-corrected chi connectivity index (χ0v) is 40.7. The molecule has 0 saturated carbocycles. The third kappa shape index (κ3) is 16.0. The first-order valence-electron chi connectivity index (χ1n) is 23.7. The summed E-state index contributed by atoms with van der Waals surface area (Å²) in [6.07, 6.45) is 6.95. The minimum atomic E-state index is -1.09. The van der Waals surface area contributed by atoms with Crippen LogP contribution in [0.4, 0.5) is 0 Å². The number of quaternary nitrogens is 1. The molecule has 2 fully saturated rings. The summed E-state index contributed by atoms with van der Waals surface area (Å²) in [4.78, 5) is 82.9. The fourth-order valence-corrected chi connectivity index (χ4v) is 8.57. The molecule has 15 heteroatoms. The maximum atomic E-state index is 14.5. The second-order valence-corrected chi connectivity index (χ2v) is 19.2. The molecule has 2 aliphatic heterocycles. The number of rotatable bonds is 25. The molecule has 68 heavy (non-hydrogen) atoms. The number of ketones is 1. The summed E-state index contributed by atoms with van der Waals surface area (Å²) in [6, 6.07) is 18.5. The predicted octanol–water partition coefficient (Wildman–Crippen LogP) is 4.54. The maximum absolute atomic E-state index is 14.5. The van der Waals surface area contributed by atoms with Gasteiger partial charge in [0.05, 0.1) is 25.9 Å². The number of esters is 1. The number of carbonyl (C=O) groups excluding carboxylic acids is 6. The smallest absolute Gasteiger partial charge is 0.308 e. The minimum Gasteiger partial charge on any atom is -0.477 e. The Kier molecular flexibility index (Phi) is 19.3. The third-order valence-electron chi connectivity index (χ3n) is 12.2. The van der Waals surface area contributed by atoms with Gasteiger partial charge in [-0.3, -0.25) is 28.8 Å². The Balaban J connectivity index is 1.38. The number of hydrogen-bond donors (Lipinski definition) is 4. The van der Waals surface area contributed by atoms with Gasteiger partial charge in [0.25, 0.3) is 5.91 Å². The van der Waals surface area contributed by atoms with E-state index in [2.05, 4.69) is 27.2 Å². The summed E-state index contributed by atoms with van der Waals surface area (Å²) >= 11 is 0. The van der Waals surface area contributed by atoms with Crippen molar-refractivity contribution in [1.29, 1.82) is 0 Å². The monoisotopic (exact) mass is 937 g/mol. The van der Waals surface area contributed by atoms with Gasteiger partial charge in [-0.05, 0) is 80.2 Å². The topological polar surface area (TPSA) is 191 Å². The number of epoxide rings is 1. The molecule has 366 valence electrons. The Morgan fingerprint density at radius 3 is 1.91 bits per heavy atom. The van der Waals surface area contributed by atoms with Crippen LogP contribution in [0.5, 0.6) is 11.5 Å². The SMILES string of the molecule is C#CCOc1cc(C[N+]2(CC(=O)NC(CCc3ccccc3)C(=O)NC(CC(C)C)C(=O)NC(Cc3ccccc3)C(=O)NC(CC(C)C)C(=O)[C@@]3(C)CO3)CCOCC2)cc(C)c1OC(C)=O. The molecule has 15 nitrogen and oxygen atoms in total. The number of nitrogens with zero attached hydrogens (tertiary/aromatic N) is 1. The van der Waals surface area contributed by atoms with Crippen molar-refractivity contribution in [2.45, 2.75) is 117 Å². The molecule has 0 aromatic heterocycles. The average Bonchev–Trinajstić information content (AvgIpc) is 4.05. The van der Waals surface area contributed by atoms with Crippen LogP contribution in [0.15, 0.2) is 72.8 Å². The molecule has 5 rings (SSSR count). The molecule has 0 spiro atoms. The third-order valence-corrected chi connectivity index (χ3v) is 12.2. The standard InChI is InChI=1S/C53H69N5O10/c1-9-24-66-46-31-41(29-37(6)48(46)68-38(7)59)32-58(22-25-65-26-23-58)33-47(60)54-42(21-20-39-16-12-10-13-17-39)50(62)56-44(28-36(4)5)51(63)57-45(30-40-18-14-11-15-19-40)52(64)55-43(27-35(2)3)49(61)53(8)34-67-53/h1,10-19,29,31,35-36,42-45H,20-28,30,32-34H2,2-8H3,(H3-,54,55,56,57,60,62,63,64)/p+1/t42?,43?,44?,45?,53-/m1/s1. The van der Waals surface area contributed by atoms with Crippen LogP contribution in [0.2, 0.25) is 0 Å². The predicted molar refractivity (Wildman–Crippen MR) is 257 cm³/mol. The van der Waals surface area contributed by atoms with Gasteiger partial charge in [0.2, 0.25) is 17.7 Å². The Morgan fingerprint density at radius 2 is 1.32 bits per heavy atom. The molecule has 4 amide bonds. The number of Topliss-reactive ketones (excluding diaryl/α,β-unsaturated/α-hetero) is 1. The van der Waals surface area contributed by atoms with Gasteiger partial charge in [-0.1, -0.05) is 94.3 Å². The lowest BCUT2D eigenvalue weighted by atomic mass is 9.93. The number of aryl methyl sites for hydroxylation is 2. The lowest BCUT2D eigenvalue weighted by Gasteiger charge is -2.41. The molecule has 4 unspecified atom stereocenters. The van der Waals surface area contributed by atoms with Gasteiger partial charge in [-0.25, -0.2) is 0 Å². The lowest BCUT2D eigenvalue weighted by molar-refractivity contribution is -0.940. The first-order valence-corrected chi connectivity index (χ1v) is 23.7. The van der Waals surface area contributed by atoms with Crippen molar-refractivity contribution in [1.82, 2.24) is 21.3 Å². The van der Waals surface area contributed by atoms with Crippen molar-refractivity contribution in [2.75, 3.05) is 46.1 Å². The molecular weight excluding hydrogens is 867 g/mol. The van der Waals surface area contributed by atoms with Crippen molar-refractivity contribution >= 4 is 35.4 Å². The van der Waals surface area contributed by atoms with Gasteiger partial charge < -0.3 is 44.7 Å². The number of carbonyl (C=O) groups is 6. The minimum absolute atomic E-state index is 0.0154. The van der Waals surface area contributed by atoms with E-state index in [1.165, 1.54) is 6.92 Å². The van der Waals surface area contributed by atoms with Crippen molar-refractivity contribution in [2.24, 2.45) is 11.8 Å². The Bertz CT molecular complexity index is 2250. The van der Waals surface area contributed by atoms with E-state index in [-0.39, 0.29) is 68.3 Å². The molecule has 4 N–H and O–H groups in total. The van der Waals surface area contributed by atoms with Gasteiger partial charge in [0, 0.05) is 18.9 Å². The number of benzene rings is 3. The van der Waals surface area contributed by atoms with E-state index >= 15 is 0 Å². The molecule has 2 heterocycles. The van der Waals surface area contributed by atoms with Gasteiger partial charge in [0.1, 0.15) is 50.0 Å². The average molecular weight is 937 g/mol. The molecular formula is C53H70N5O10+. The molecule has 5 atom stereocenters. The quantitative estimate of drug-likeness (QED) is 0.0309. The van der Waals surface area contributed by atoms with Crippen LogP contribution in [-0.4, -0.2) is 116 Å². The molecule has 0 bridgehead atoms. The normalized spacial score (nSPS) is 17.9. The number of hydrogen-bond acceptors (Lipinski definition) is 10. The van der Waals surface area contributed by atoms with E-state index in [4.69, 9.17) is 25.4 Å². The highest BCUT2D eigenvalue weighted by Gasteiger charge is 2.50. The maximum Gasteiger partial charge on any atom is 0.308 e.